The second-order valence-electron chi connectivity index (χ2n) is 6.78. The average molecular weight is 461 g/mol. The Morgan fingerprint density at radius 2 is 2.03 bits per heavy atom. The Morgan fingerprint density at radius 1 is 1.23 bits per heavy atom. The summed E-state index contributed by atoms with van der Waals surface area (Å²) in [4.78, 5) is 30.4. The van der Waals surface area contributed by atoms with E-state index in [1.165, 1.54) is 10.8 Å². The number of hydrogen-bond acceptors (Lipinski definition) is 5. The maximum atomic E-state index is 14.1. The molecule has 4 rings (SSSR count). The Bertz CT molecular complexity index is 1340. The van der Waals surface area contributed by atoms with Gasteiger partial charge in [0.2, 0.25) is 0 Å². The highest BCUT2D eigenvalue weighted by molar-refractivity contribution is 8.00. The topological polar surface area (TPSA) is 65.1 Å². The lowest BCUT2D eigenvalue weighted by Crippen LogP contribution is -2.25. The van der Waals surface area contributed by atoms with E-state index in [0.717, 1.165) is 23.9 Å². The van der Waals surface area contributed by atoms with Crippen molar-refractivity contribution in [1.82, 2.24) is 9.55 Å². The number of ketones is 1. The largest absolute Gasteiger partial charge is 0.467 e. The molecule has 2 aromatic carbocycles. The summed E-state index contributed by atoms with van der Waals surface area (Å²) in [6.07, 6.45) is 1.49. The number of hydrogen-bond donors (Lipinski definition) is 0. The van der Waals surface area contributed by atoms with E-state index in [4.69, 9.17) is 16.0 Å². The lowest BCUT2D eigenvalue weighted by atomic mass is 10.1. The molecule has 1 unspecified atom stereocenters. The number of halogens is 3. The molecule has 0 amide bonds. The maximum absolute atomic E-state index is 14.1. The fraction of sp³-hybridized carbons (Fsp3) is 0.136. The van der Waals surface area contributed by atoms with Crippen LogP contribution in [0.15, 0.2) is 69.2 Å². The number of Topliss-reactive ketones (excluding diaryl/α,β-unsaturated/α-hetero) is 1. The van der Waals surface area contributed by atoms with Gasteiger partial charge in [-0.1, -0.05) is 23.4 Å². The Morgan fingerprint density at radius 3 is 2.74 bits per heavy atom. The number of rotatable bonds is 6. The van der Waals surface area contributed by atoms with Gasteiger partial charge in [0.15, 0.2) is 10.9 Å². The highest BCUT2D eigenvalue weighted by Gasteiger charge is 2.23. The van der Waals surface area contributed by atoms with Crippen LogP contribution in [0.1, 0.15) is 23.0 Å². The molecule has 4 aromatic rings. The molecule has 2 heterocycles. The van der Waals surface area contributed by atoms with Gasteiger partial charge in [0.25, 0.3) is 5.56 Å². The molecule has 2 aromatic heterocycles. The molecule has 0 spiro atoms. The van der Waals surface area contributed by atoms with E-state index < -0.39 is 22.7 Å². The summed E-state index contributed by atoms with van der Waals surface area (Å²) in [5.74, 6) is -1.73. The van der Waals surface area contributed by atoms with Crippen LogP contribution in [0.5, 0.6) is 0 Å². The van der Waals surface area contributed by atoms with Crippen molar-refractivity contribution in [3.63, 3.8) is 0 Å². The molecule has 0 bridgehead atoms. The molecule has 1 atom stereocenters. The summed E-state index contributed by atoms with van der Waals surface area (Å²) in [7, 11) is 0. The molecule has 0 radical (unpaired) electrons. The van der Waals surface area contributed by atoms with Gasteiger partial charge in [-0.25, -0.2) is 13.8 Å². The van der Waals surface area contributed by atoms with E-state index in [2.05, 4.69) is 4.98 Å². The minimum absolute atomic E-state index is 0.103. The Labute approximate surface area is 184 Å². The van der Waals surface area contributed by atoms with Crippen molar-refractivity contribution in [2.24, 2.45) is 0 Å². The standard InChI is InChI=1S/C22H15ClF2N2O3S/c1-12(20(28)16-7-5-14(24)10-18(16)25)31-22-26-19-9-13(23)4-6-17(19)21(29)27(22)11-15-3-2-8-30-15/h2-10,12H,11H2,1H3. The Kier molecular flexibility index (Phi) is 5.93. The molecular formula is C22H15ClF2N2O3S. The van der Waals surface area contributed by atoms with Crippen LogP contribution in [0.4, 0.5) is 8.78 Å². The predicted molar refractivity (Wildman–Crippen MR) is 115 cm³/mol. The zero-order chi connectivity index (χ0) is 22.1. The van der Waals surface area contributed by atoms with Gasteiger partial charge in [0.1, 0.15) is 17.4 Å². The van der Waals surface area contributed by atoms with Crippen molar-refractivity contribution in [3.8, 4) is 0 Å². The van der Waals surface area contributed by atoms with Crippen LogP contribution in [0.3, 0.4) is 0 Å². The van der Waals surface area contributed by atoms with Crippen LogP contribution in [0, 0.1) is 11.6 Å². The molecule has 0 aliphatic carbocycles. The third-order valence-electron chi connectivity index (χ3n) is 4.62. The van der Waals surface area contributed by atoms with Crippen LogP contribution >= 0.6 is 23.4 Å². The monoisotopic (exact) mass is 460 g/mol. The van der Waals surface area contributed by atoms with E-state index in [1.807, 2.05) is 0 Å². The molecule has 0 saturated heterocycles. The van der Waals surface area contributed by atoms with E-state index in [9.17, 15) is 18.4 Å². The highest BCUT2D eigenvalue weighted by atomic mass is 35.5. The van der Waals surface area contributed by atoms with Gasteiger partial charge >= 0.3 is 0 Å². The number of furan rings is 1. The first kappa shape index (κ1) is 21.3. The fourth-order valence-corrected chi connectivity index (χ4v) is 4.22. The summed E-state index contributed by atoms with van der Waals surface area (Å²) in [6.45, 7) is 1.67. The molecule has 0 aliphatic rings. The van der Waals surface area contributed by atoms with Crippen LogP contribution in [-0.4, -0.2) is 20.6 Å². The second-order valence-corrected chi connectivity index (χ2v) is 8.52. The van der Waals surface area contributed by atoms with Crippen molar-refractivity contribution < 1.29 is 18.0 Å². The van der Waals surface area contributed by atoms with Gasteiger partial charge in [-0.2, -0.15) is 0 Å². The smallest absolute Gasteiger partial charge is 0.262 e. The molecule has 5 nitrogen and oxygen atoms in total. The van der Waals surface area contributed by atoms with Gasteiger partial charge in [-0.3, -0.25) is 14.2 Å². The first-order chi connectivity index (χ1) is 14.8. The quantitative estimate of drug-likeness (QED) is 0.221. The van der Waals surface area contributed by atoms with Gasteiger partial charge in [-0.15, -0.1) is 0 Å². The third-order valence-corrected chi connectivity index (χ3v) is 5.95. The van der Waals surface area contributed by atoms with Gasteiger partial charge < -0.3 is 4.42 Å². The summed E-state index contributed by atoms with van der Waals surface area (Å²) >= 11 is 7.05. The number of carbonyl (C=O) groups is 1. The molecular weight excluding hydrogens is 446 g/mol. The minimum atomic E-state index is -0.941. The van der Waals surface area contributed by atoms with E-state index in [-0.39, 0.29) is 22.8 Å². The summed E-state index contributed by atoms with van der Waals surface area (Å²) in [5, 5.41) is 0.228. The highest BCUT2D eigenvalue weighted by Crippen LogP contribution is 2.27. The molecule has 9 heteroatoms. The van der Waals surface area contributed by atoms with Crippen LogP contribution in [0.2, 0.25) is 5.02 Å². The van der Waals surface area contributed by atoms with Crippen molar-refractivity contribution in [2.75, 3.05) is 0 Å². The average Bonchev–Trinajstić information content (AvgIpc) is 3.23. The summed E-state index contributed by atoms with van der Waals surface area (Å²) in [5.41, 5.74) is -0.179. The zero-order valence-corrected chi connectivity index (χ0v) is 17.7. The van der Waals surface area contributed by atoms with E-state index in [0.29, 0.717) is 27.8 Å². The normalized spacial score (nSPS) is 12.3. The zero-order valence-electron chi connectivity index (χ0n) is 16.1. The summed E-state index contributed by atoms with van der Waals surface area (Å²) in [6, 6.07) is 11.0. The number of aromatic nitrogens is 2. The molecule has 158 valence electrons. The van der Waals surface area contributed by atoms with Crippen molar-refractivity contribution in [3.05, 3.63) is 93.1 Å². The van der Waals surface area contributed by atoms with Crippen molar-refractivity contribution >= 4 is 40.0 Å². The van der Waals surface area contributed by atoms with Crippen LogP contribution in [-0.2, 0) is 6.54 Å². The lowest BCUT2D eigenvalue weighted by molar-refractivity contribution is 0.0990. The SMILES string of the molecule is CC(Sc1nc2cc(Cl)ccc2c(=O)n1Cc1ccco1)C(=O)c1ccc(F)cc1F. The first-order valence-electron chi connectivity index (χ1n) is 9.22. The minimum Gasteiger partial charge on any atom is -0.467 e. The van der Waals surface area contributed by atoms with Crippen molar-refractivity contribution in [2.45, 2.75) is 23.9 Å². The number of nitrogens with zero attached hydrogens (tertiary/aromatic N) is 2. The van der Waals surface area contributed by atoms with Crippen LogP contribution < -0.4 is 5.56 Å². The predicted octanol–water partition coefficient (Wildman–Crippen LogP) is 5.33. The number of benzene rings is 2. The molecule has 0 N–H and O–H groups in total. The molecule has 0 fully saturated rings. The van der Waals surface area contributed by atoms with E-state index >= 15 is 0 Å². The number of fused-ring (bicyclic) bond motifs is 1. The number of thioether (sulfide) groups is 1. The van der Waals surface area contributed by atoms with Gasteiger partial charge in [-0.05, 0) is 49.4 Å². The van der Waals surface area contributed by atoms with Gasteiger partial charge in [0.05, 0.1) is 34.5 Å². The third kappa shape index (κ3) is 4.40. The Hall–Kier alpha value is -2.97. The summed E-state index contributed by atoms with van der Waals surface area (Å²) < 4.78 is 34.0. The molecule has 0 saturated carbocycles. The maximum Gasteiger partial charge on any atom is 0.262 e. The van der Waals surface area contributed by atoms with E-state index in [1.54, 1.807) is 37.3 Å². The fourth-order valence-electron chi connectivity index (χ4n) is 3.08. The Balaban J connectivity index is 1.75. The van der Waals surface area contributed by atoms with Crippen molar-refractivity contribution in [1.29, 1.82) is 0 Å². The molecule has 31 heavy (non-hydrogen) atoms. The van der Waals surface area contributed by atoms with Crippen LogP contribution in [0.25, 0.3) is 10.9 Å². The van der Waals surface area contributed by atoms with Gasteiger partial charge in [0, 0.05) is 11.1 Å². The first-order valence-corrected chi connectivity index (χ1v) is 10.5. The molecule has 0 aliphatic heterocycles. The second kappa shape index (κ2) is 8.64. The number of carbonyl (C=O) groups excluding carboxylic acids is 1. The lowest BCUT2D eigenvalue weighted by Gasteiger charge is -2.15.